The van der Waals surface area contributed by atoms with E-state index in [1.54, 1.807) is 4.98 Å². The molecular weight excluding hydrogens is 371 g/mol. The Balaban J connectivity index is 2.60. The number of rotatable bonds is 4. The zero-order valence-electron chi connectivity index (χ0n) is 12.4. The summed E-state index contributed by atoms with van der Waals surface area (Å²) in [5, 5.41) is 11.0. The lowest BCUT2D eigenvalue weighted by Crippen LogP contribution is -2.37. The monoisotopic (exact) mass is 379 g/mol. The van der Waals surface area contributed by atoms with E-state index in [0.717, 1.165) is 13.2 Å². The maximum atomic E-state index is 12.6. The van der Waals surface area contributed by atoms with Crippen LogP contribution in [0.25, 0.3) is 0 Å². The number of benzene rings is 1. The molecule has 0 aliphatic rings. The summed E-state index contributed by atoms with van der Waals surface area (Å²) in [5.41, 5.74) is -4.59. The Hall–Kier alpha value is -2.82. The Morgan fingerprint density at radius 3 is 2.44 bits per heavy atom. The molecule has 0 saturated carbocycles. The van der Waals surface area contributed by atoms with E-state index < -0.39 is 40.3 Å². The molecule has 0 aliphatic heterocycles. The molecule has 1 aromatic heterocycles. The van der Waals surface area contributed by atoms with Crippen molar-refractivity contribution in [3.8, 4) is 5.75 Å². The van der Waals surface area contributed by atoms with Gasteiger partial charge in [0.2, 0.25) is 5.75 Å². The van der Waals surface area contributed by atoms with Gasteiger partial charge in [0.15, 0.2) is 0 Å². The number of nitro benzene ring substituents is 1. The first-order valence-electron chi connectivity index (χ1n) is 6.46. The van der Waals surface area contributed by atoms with E-state index in [0.29, 0.717) is 4.57 Å². The summed E-state index contributed by atoms with van der Waals surface area (Å²) in [6, 6.07) is 2.42. The van der Waals surface area contributed by atoms with Crippen molar-refractivity contribution in [1.82, 2.24) is 9.55 Å². The molecule has 2 rings (SSSR count). The number of H-pyrrole nitrogens is 1. The highest BCUT2D eigenvalue weighted by molar-refractivity contribution is 6.31. The van der Waals surface area contributed by atoms with Crippen molar-refractivity contribution < 1.29 is 22.8 Å². The van der Waals surface area contributed by atoms with Crippen molar-refractivity contribution >= 4 is 17.3 Å². The molecular formula is C13H9ClF3N3O5. The fourth-order valence-electron chi connectivity index (χ4n) is 2.12. The molecule has 1 aromatic carbocycles. The minimum absolute atomic E-state index is 0.0194. The van der Waals surface area contributed by atoms with Gasteiger partial charge in [-0.3, -0.25) is 19.5 Å². The maximum absolute atomic E-state index is 12.6. The number of ether oxygens (including phenoxy) is 1. The second-order valence-electron chi connectivity index (χ2n) is 4.78. The molecule has 0 bridgehead atoms. The number of halogens is 4. The lowest BCUT2D eigenvalue weighted by Gasteiger charge is -2.12. The molecule has 1 N–H and O–H groups in total. The molecule has 0 unspecified atom stereocenters. The van der Waals surface area contributed by atoms with Crippen LogP contribution in [0.5, 0.6) is 5.75 Å². The zero-order chi connectivity index (χ0) is 18.9. The average molecular weight is 380 g/mol. The van der Waals surface area contributed by atoms with Gasteiger partial charge in [-0.25, -0.2) is 4.79 Å². The van der Waals surface area contributed by atoms with Gasteiger partial charge in [-0.2, -0.15) is 13.2 Å². The zero-order valence-corrected chi connectivity index (χ0v) is 13.1. The number of aromatic amines is 1. The molecule has 25 heavy (non-hydrogen) atoms. The summed E-state index contributed by atoms with van der Waals surface area (Å²) in [6.07, 6.45) is -4.90. The number of nitrogens with one attached hydrogen (secondary N) is 1. The molecule has 134 valence electrons. The van der Waals surface area contributed by atoms with Crippen LogP contribution in [0.4, 0.5) is 18.9 Å². The number of nitrogens with zero attached hydrogens (tertiary/aromatic N) is 2. The molecule has 12 heteroatoms. The van der Waals surface area contributed by atoms with Crippen LogP contribution in [0.2, 0.25) is 5.02 Å². The second kappa shape index (κ2) is 6.59. The highest BCUT2D eigenvalue weighted by Gasteiger charge is 2.33. The van der Waals surface area contributed by atoms with Crippen LogP contribution < -0.4 is 16.0 Å². The summed E-state index contributed by atoms with van der Waals surface area (Å²) >= 11 is 5.77. The molecule has 0 fully saturated rings. The van der Waals surface area contributed by atoms with Gasteiger partial charge in [-0.05, 0) is 6.07 Å². The van der Waals surface area contributed by atoms with E-state index in [1.807, 2.05) is 0 Å². The van der Waals surface area contributed by atoms with Crippen LogP contribution in [0.3, 0.4) is 0 Å². The number of methoxy groups -OCH3 is 1. The largest absolute Gasteiger partial charge is 0.490 e. The van der Waals surface area contributed by atoms with E-state index in [9.17, 15) is 32.9 Å². The second-order valence-corrected chi connectivity index (χ2v) is 5.22. The van der Waals surface area contributed by atoms with Crippen molar-refractivity contribution in [3.63, 3.8) is 0 Å². The normalized spacial score (nSPS) is 11.4. The van der Waals surface area contributed by atoms with E-state index >= 15 is 0 Å². The van der Waals surface area contributed by atoms with Crippen LogP contribution >= 0.6 is 11.6 Å². The summed E-state index contributed by atoms with van der Waals surface area (Å²) in [4.78, 5) is 35.5. The smallest absolute Gasteiger partial charge is 0.431 e. The number of alkyl halides is 3. The van der Waals surface area contributed by atoms with Crippen molar-refractivity contribution in [1.29, 1.82) is 0 Å². The summed E-state index contributed by atoms with van der Waals surface area (Å²) in [7, 11) is 1.12. The standard InChI is InChI=1S/C13H9ClF3N3O5/c1-25-11-6(2-7(14)3-8(11)20(23)24)5-19-10(21)4-9(13(15,16)17)18-12(19)22/h2-4H,5H2,1H3,(H,18,22). The van der Waals surface area contributed by atoms with Crippen LogP contribution in [0.1, 0.15) is 11.3 Å². The van der Waals surface area contributed by atoms with E-state index in [4.69, 9.17) is 16.3 Å². The Morgan fingerprint density at radius 1 is 1.32 bits per heavy atom. The third-order valence-corrected chi connectivity index (χ3v) is 3.38. The van der Waals surface area contributed by atoms with Gasteiger partial charge in [0.25, 0.3) is 5.56 Å². The predicted molar refractivity (Wildman–Crippen MR) is 80.1 cm³/mol. The minimum atomic E-state index is -4.90. The average Bonchev–Trinajstić information content (AvgIpc) is 2.49. The first-order valence-corrected chi connectivity index (χ1v) is 6.84. The molecule has 0 spiro atoms. The fraction of sp³-hybridized carbons (Fsp3) is 0.231. The number of aromatic nitrogens is 2. The summed E-state index contributed by atoms with van der Waals surface area (Å²) < 4.78 is 43.1. The third-order valence-electron chi connectivity index (χ3n) is 3.17. The van der Waals surface area contributed by atoms with Crippen molar-refractivity contribution in [2.45, 2.75) is 12.7 Å². The molecule has 0 atom stereocenters. The van der Waals surface area contributed by atoms with Crippen molar-refractivity contribution in [2.75, 3.05) is 7.11 Å². The first-order chi connectivity index (χ1) is 11.5. The van der Waals surface area contributed by atoms with Crippen molar-refractivity contribution in [3.05, 3.63) is 65.4 Å². The SMILES string of the molecule is COc1c(Cn2c(=O)cc(C(F)(F)F)[nH]c2=O)cc(Cl)cc1[N+](=O)[O-]. The van der Waals surface area contributed by atoms with Gasteiger partial charge < -0.3 is 9.72 Å². The minimum Gasteiger partial charge on any atom is -0.490 e. The Bertz CT molecular complexity index is 920. The number of nitro groups is 1. The molecule has 2 aromatic rings. The fourth-order valence-corrected chi connectivity index (χ4v) is 2.35. The first kappa shape index (κ1) is 18.5. The number of hydrogen-bond donors (Lipinski definition) is 1. The van der Waals surface area contributed by atoms with Gasteiger partial charge in [0, 0.05) is 22.7 Å². The molecule has 0 saturated heterocycles. The molecule has 0 aliphatic carbocycles. The van der Waals surface area contributed by atoms with Gasteiger partial charge in [0.05, 0.1) is 18.6 Å². The Kier molecular flexibility index (Phi) is 4.88. The Morgan fingerprint density at radius 2 is 1.96 bits per heavy atom. The van der Waals surface area contributed by atoms with Gasteiger partial charge >= 0.3 is 17.6 Å². The van der Waals surface area contributed by atoms with Crippen LogP contribution in [0, 0.1) is 10.1 Å². The van der Waals surface area contributed by atoms with Crippen LogP contribution in [-0.4, -0.2) is 21.6 Å². The van der Waals surface area contributed by atoms with Crippen molar-refractivity contribution in [2.24, 2.45) is 0 Å². The predicted octanol–water partition coefficient (Wildman–Crippen LogP) is 2.17. The van der Waals surface area contributed by atoms with Crippen LogP contribution in [-0.2, 0) is 12.7 Å². The van der Waals surface area contributed by atoms with E-state index in [1.165, 1.54) is 6.07 Å². The maximum Gasteiger partial charge on any atom is 0.431 e. The van der Waals surface area contributed by atoms with Gasteiger partial charge in [-0.15, -0.1) is 0 Å². The summed E-state index contributed by atoms with van der Waals surface area (Å²) in [6.45, 7) is -0.573. The van der Waals surface area contributed by atoms with E-state index in [-0.39, 0.29) is 22.4 Å². The highest BCUT2D eigenvalue weighted by Crippen LogP contribution is 2.34. The summed E-state index contributed by atoms with van der Waals surface area (Å²) in [5.74, 6) is -0.263. The Labute approximate surface area is 141 Å². The quantitative estimate of drug-likeness (QED) is 0.647. The molecule has 0 radical (unpaired) electrons. The third kappa shape index (κ3) is 3.82. The lowest BCUT2D eigenvalue weighted by molar-refractivity contribution is -0.385. The van der Waals surface area contributed by atoms with Crippen LogP contribution in [0.15, 0.2) is 27.8 Å². The highest BCUT2D eigenvalue weighted by atomic mass is 35.5. The van der Waals surface area contributed by atoms with Gasteiger partial charge in [-0.1, -0.05) is 11.6 Å². The van der Waals surface area contributed by atoms with Gasteiger partial charge in [0.1, 0.15) is 5.69 Å². The number of hydrogen-bond acceptors (Lipinski definition) is 5. The molecule has 0 amide bonds. The van der Waals surface area contributed by atoms with E-state index in [2.05, 4.69) is 0 Å². The molecule has 1 heterocycles. The topological polar surface area (TPSA) is 107 Å². The lowest BCUT2D eigenvalue weighted by atomic mass is 10.1. The molecule has 8 nitrogen and oxygen atoms in total.